The van der Waals surface area contributed by atoms with Crippen LogP contribution in [0.5, 0.6) is 0 Å². The minimum atomic E-state index is -3.98. The second kappa shape index (κ2) is 9.93. The average molecular weight is 452 g/mol. The molecule has 0 saturated carbocycles. The van der Waals surface area contributed by atoms with Gasteiger partial charge in [-0.1, -0.05) is 0 Å². The van der Waals surface area contributed by atoms with E-state index in [9.17, 15) is 18.4 Å². The SMILES string of the molecule is COCCN1CCC(C(=O)NO)(S(=O)(=O)N2CCN(c3ccc(C#N)cc3)CC2)CC1. The van der Waals surface area contributed by atoms with Gasteiger partial charge in [0.25, 0.3) is 5.91 Å². The van der Waals surface area contributed by atoms with Crippen LogP contribution in [0.2, 0.25) is 0 Å². The Morgan fingerprint density at radius 1 is 1.16 bits per heavy atom. The van der Waals surface area contributed by atoms with Gasteiger partial charge in [-0.2, -0.15) is 9.57 Å². The molecule has 10 nitrogen and oxygen atoms in total. The van der Waals surface area contributed by atoms with E-state index in [-0.39, 0.29) is 25.9 Å². The molecular formula is C20H29N5O5S. The summed E-state index contributed by atoms with van der Waals surface area (Å²) in [5, 5.41) is 18.2. The fourth-order valence-corrected chi connectivity index (χ4v) is 6.36. The molecule has 0 atom stereocenters. The number of carbonyl (C=O) groups is 1. The number of likely N-dealkylation sites (tertiary alicyclic amines) is 1. The Balaban J connectivity index is 1.71. The summed E-state index contributed by atoms with van der Waals surface area (Å²) >= 11 is 0. The summed E-state index contributed by atoms with van der Waals surface area (Å²) in [5.41, 5.74) is 3.09. The maximum Gasteiger partial charge on any atom is 0.266 e. The van der Waals surface area contributed by atoms with E-state index in [1.54, 1.807) is 24.7 Å². The number of piperazine rings is 1. The Kier molecular flexibility index (Phi) is 7.51. The fourth-order valence-electron chi connectivity index (χ4n) is 4.24. The monoisotopic (exact) mass is 451 g/mol. The van der Waals surface area contributed by atoms with Crippen LogP contribution >= 0.6 is 0 Å². The van der Waals surface area contributed by atoms with Gasteiger partial charge >= 0.3 is 0 Å². The first-order chi connectivity index (χ1) is 14.9. The number of hydrogen-bond acceptors (Lipinski definition) is 8. The number of carbonyl (C=O) groups excluding carboxylic acids is 1. The molecule has 2 saturated heterocycles. The van der Waals surface area contributed by atoms with Crippen molar-refractivity contribution >= 4 is 21.6 Å². The van der Waals surface area contributed by atoms with Crippen LogP contribution in [0.3, 0.4) is 0 Å². The molecule has 1 aromatic rings. The number of sulfonamides is 1. The van der Waals surface area contributed by atoms with Crippen LogP contribution in [0, 0.1) is 11.3 Å². The first-order valence-corrected chi connectivity index (χ1v) is 11.7. The van der Waals surface area contributed by atoms with Gasteiger partial charge < -0.3 is 14.5 Å². The maximum absolute atomic E-state index is 13.6. The van der Waals surface area contributed by atoms with Crippen molar-refractivity contribution < 1.29 is 23.2 Å². The van der Waals surface area contributed by atoms with Crippen molar-refractivity contribution in [1.82, 2.24) is 14.7 Å². The lowest BCUT2D eigenvalue weighted by Crippen LogP contribution is -2.63. The van der Waals surface area contributed by atoms with E-state index in [1.165, 1.54) is 4.31 Å². The molecule has 0 bridgehead atoms. The van der Waals surface area contributed by atoms with Gasteiger partial charge in [0.1, 0.15) is 0 Å². The molecule has 0 unspecified atom stereocenters. The molecule has 1 amide bonds. The number of ether oxygens (including phenoxy) is 1. The second-order valence-electron chi connectivity index (χ2n) is 7.82. The summed E-state index contributed by atoms with van der Waals surface area (Å²) in [5.74, 6) is -0.867. The van der Waals surface area contributed by atoms with E-state index in [0.717, 1.165) is 5.69 Å². The zero-order valence-electron chi connectivity index (χ0n) is 17.7. The minimum Gasteiger partial charge on any atom is -0.383 e. The van der Waals surface area contributed by atoms with Gasteiger partial charge in [-0.25, -0.2) is 13.9 Å². The van der Waals surface area contributed by atoms with Crippen LogP contribution < -0.4 is 10.4 Å². The number of nitriles is 1. The van der Waals surface area contributed by atoms with Crippen molar-refractivity contribution in [2.75, 3.05) is 64.4 Å². The molecule has 0 aliphatic carbocycles. The highest BCUT2D eigenvalue weighted by Gasteiger charge is 2.55. The van der Waals surface area contributed by atoms with Crippen molar-refractivity contribution in [3.8, 4) is 6.07 Å². The third kappa shape index (κ3) is 4.68. The average Bonchev–Trinajstić information content (AvgIpc) is 2.82. The normalized spacial score (nSPS) is 20.2. The lowest BCUT2D eigenvalue weighted by atomic mass is 9.95. The Morgan fingerprint density at radius 3 is 2.29 bits per heavy atom. The number of rotatable bonds is 7. The van der Waals surface area contributed by atoms with Gasteiger partial charge in [-0.3, -0.25) is 10.0 Å². The minimum absolute atomic E-state index is 0.112. The largest absolute Gasteiger partial charge is 0.383 e. The van der Waals surface area contributed by atoms with Crippen molar-refractivity contribution in [2.24, 2.45) is 0 Å². The van der Waals surface area contributed by atoms with Crippen LogP contribution in [0.1, 0.15) is 18.4 Å². The highest BCUT2D eigenvalue weighted by Crippen LogP contribution is 2.34. The zero-order valence-corrected chi connectivity index (χ0v) is 18.5. The van der Waals surface area contributed by atoms with E-state index < -0.39 is 20.7 Å². The van der Waals surface area contributed by atoms with Gasteiger partial charge in [0.05, 0.1) is 18.2 Å². The molecule has 11 heteroatoms. The molecule has 3 rings (SSSR count). The highest BCUT2D eigenvalue weighted by atomic mass is 32.2. The molecule has 170 valence electrons. The quantitative estimate of drug-likeness (QED) is 0.438. The number of hydrogen-bond donors (Lipinski definition) is 2. The molecular weight excluding hydrogens is 422 g/mol. The van der Waals surface area contributed by atoms with Crippen LogP contribution in [-0.2, 0) is 19.6 Å². The van der Waals surface area contributed by atoms with E-state index >= 15 is 0 Å². The van der Waals surface area contributed by atoms with Crippen LogP contribution in [0.4, 0.5) is 5.69 Å². The molecule has 0 spiro atoms. The van der Waals surface area contributed by atoms with Gasteiger partial charge in [0.15, 0.2) is 4.75 Å². The Bertz CT molecular complexity index is 899. The predicted molar refractivity (Wildman–Crippen MR) is 114 cm³/mol. The number of nitrogens with zero attached hydrogens (tertiary/aromatic N) is 4. The number of piperidine rings is 1. The lowest BCUT2D eigenvalue weighted by molar-refractivity contribution is -0.133. The molecule has 2 heterocycles. The molecule has 2 aliphatic rings. The van der Waals surface area contributed by atoms with Gasteiger partial charge in [0.2, 0.25) is 10.0 Å². The second-order valence-corrected chi connectivity index (χ2v) is 10.1. The van der Waals surface area contributed by atoms with Crippen molar-refractivity contribution in [1.29, 1.82) is 5.26 Å². The Labute approximate surface area is 183 Å². The summed E-state index contributed by atoms with van der Waals surface area (Å²) in [7, 11) is -2.38. The van der Waals surface area contributed by atoms with Crippen molar-refractivity contribution in [3.63, 3.8) is 0 Å². The number of nitrogens with one attached hydrogen (secondary N) is 1. The lowest BCUT2D eigenvalue weighted by Gasteiger charge is -2.44. The van der Waals surface area contributed by atoms with Crippen LogP contribution in [0.25, 0.3) is 0 Å². The molecule has 2 fully saturated rings. The van der Waals surface area contributed by atoms with Crippen LogP contribution in [-0.4, -0.2) is 93.0 Å². The number of hydroxylamine groups is 1. The smallest absolute Gasteiger partial charge is 0.266 e. The van der Waals surface area contributed by atoms with E-state index in [1.807, 2.05) is 12.1 Å². The number of anilines is 1. The first-order valence-electron chi connectivity index (χ1n) is 10.3. The standard InChI is InChI=1S/C20H29N5O5S/c1-30-15-14-23-8-6-20(7-9-23,19(26)22-27)31(28,29)25-12-10-24(11-13-25)18-4-2-17(16-21)3-5-18/h2-5,27H,6-15H2,1H3,(H,22,26). The predicted octanol–water partition coefficient (Wildman–Crippen LogP) is -0.00352. The Morgan fingerprint density at radius 2 is 1.77 bits per heavy atom. The molecule has 0 radical (unpaired) electrons. The summed E-state index contributed by atoms with van der Waals surface area (Å²) in [4.78, 5) is 16.7. The van der Waals surface area contributed by atoms with E-state index in [4.69, 9.17) is 10.00 Å². The Hall–Kier alpha value is -2.23. The molecule has 31 heavy (non-hydrogen) atoms. The summed E-state index contributed by atoms with van der Waals surface area (Å²) in [6.45, 7) is 3.50. The summed E-state index contributed by atoms with van der Waals surface area (Å²) in [6, 6.07) is 9.24. The zero-order chi connectivity index (χ0) is 22.5. The topological polar surface area (TPSA) is 126 Å². The van der Waals surface area contributed by atoms with E-state index in [2.05, 4.69) is 15.9 Å². The first kappa shape index (κ1) is 23.4. The highest BCUT2D eigenvalue weighted by molar-refractivity contribution is 7.91. The van der Waals surface area contributed by atoms with E-state index in [0.29, 0.717) is 44.9 Å². The van der Waals surface area contributed by atoms with Gasteiger partial charge in [-0.15, -0.1) is 0 Å². The molecule has 2 N–H and O–H groups in total. The van der Waals surface area contributed by atoms with Crippen molar-refractivity contribution in [2.45, 2.75) is 17.6 Å². The third-order valence-corrected chi connectivity index (χ3v) is 8.85. The third-order valence-electron chi connectivity index (χ3n) is 6.22. The number of amides is 1. The summed E-state index contributed by atoms with van der Waals surface area (Å²) < 4.78 is 31.9. The summed E-state index contributed by atoms with van der Waals surface area (Å²) in [6.07, 6.45) is 0.225. The number of benzene rings is 1. The van der Waals surface area contributed by atoms with Crippen molar-refractivity contribution in [3.05, 3.63) is 29.8 Å². The molecule has 1 aromatic carbocycles. The maximum atomic E-state index is 13.6. The van der Waals surface area contributed by atoms with Gasteiger partial charge in [0, 0.05) is 58.6 Å². The molecule has 2 aliphatic heterocycles. The fraction of sp³-hybridized carbons (Fsp3) is 0.600. The molecule has 0 aromatic heterocycles. The van der Waals surface area contributed by atoms with Crippen LogP contribution in [0.15, 0.2) is 24.3 Å². The number of methoxy groups -OCH3 is 1. The van der Waals surface area contributed by atoms with Gasteiger partial charge in [-0.05, 0) is 37.1 Å².